The molecule has 0 spiro atoms. The number of hydrogen-bond acceptors (Lipinski definition) is 3. The average molecular weight is 285 g/mol. The Balaban J connectivity index is 2.47. The second kappa shape index (κ2) is 6.57. The zero-order valence-corrected chi connectivity index (χ0v) is 13.2. The van der Waals surface area contributed by atoms with Crippen molar-refractivity contribution in [1.82, 2.24) is 9.88 Å². The molecule has 2 aromatic rings. The van der Waals surface area contributed by atoms with Gasteiger partial charge in [-0.05, 0) is 32.4 Å². The van der Waals surface area contributed by atoms with E-state index >= 15 is 0 Å². The monoisotopic (exact) mass is 285 g/mol. The molecule has 4 nitrogen and oxygen atoms in total. The first-order chi connectivity index (χ1) is 10.1. The van der Waals surface area contributed by atoms with Gasteiger partial charge in [-0.25, -0.2) is 4.98 Å². The van der Waals surface area contributed by atoms with Gasteiger partial charge in [0.05, 0.1) is 5.52 Å². The average Bonchev–Trinajstić information content (AvgIpc) is 2.52. The molecule has 1 aromatic carbocycles. The Bertz CT molecular complexity index is 639. The second-order valence-corrected chi connectivity index (χ2v) is 5.28. The van der Waals surface area contributed by atoms with E-state index in [1.54, 1.807) is 4.90 Å². The van der Waals surface area contributed by atoms with Crippen molar-refractivity contribution in [2.45, 2.75) is 33.2 Å². The number of pyridine rings is 1. The number of fused-ring (bicyclic) bond motifs is 1. The fourth-order valence-corrected chi connectivity index (χ4v) is 2.28. The summed E-state index contributed by atoms with van der Waals surface area (Å²) in [6.45, 7) is 6.97. The predicted octanol–water partition coefficient (Wildman–Crippen LogP) is 3.54. The van der Waals surface area contributed by atoms with Crippen molar-refractivity contribution in [2.75, 3.05) is 18.9 Å². The van der Waals surface area contributed by atoms with Gasteiger partial charge in [0.25, 0.3) is 5.91 Å². The number of aromatic nitrogens is 1. The van der Waals surface area contributed by atoms with Crippen LogP contribution < -0.4 is 5.32 Å². The number of carbonyl (C=O) groups is 1. The predicted molar refractivity (Wildman–Crippen MR) is 87.8 cm³/mol. The highest BCUT2D eigenvalue weighted by Gasteiger charge is 2.19. The molecule has 0 fully saturated rings. The smallest absolute Gasteiger partial charge is 0.272 e. The molecule has 112 valence electrons. The van der Waals surface area contributed by atoms with Gasteiger partial charge in [0.1, 0.15) is 5.69 Å². The number of amides is 1. The normalized spacial score (nSPS) is 12.2. The zero-order valence-electron chi connectivity index (χ0n) is 13.2. The van der Waals surface area contributed by atoms with Crippen LogP contribution in [-0.4, -0.2) is 35.4 Å². The van der Waals surface area contributed by atoms with E-state index in [-0.39, 0.29) is 11.9 Å². The van der Waals surface area contributed by atoms with Crippen molar-refractivity contribution in [3.63, 3.8) is 0 Å². The van der Waals surface area contributed by atoms with E-state index in [2.05, 4.69) is 17.2 Å². The third-order valence-corrected chi connectivity index (χ3v) is 3.87. The molecular weight excluding hydrogens is 262 g/mol. The topological polar surface area (TPSA) is 45.2 Å². The third-order valence-electron chi connectivity index (χ3n) is 3.87. The van der Waals surface area contributed by atoms with Gasteiger partial charge in [-0.3, -0.25) is 4.79 Å². The van der Waals surface area contributed by atoms with Crippen LogP contribution in [0.25, 0.3) is 10.9 Å². The minimum Gasteiger partial charge on any atom is -0.385 e. The molecule has 1 N–H and O–H groups in total. The minimum atomic E-state index is -0.0331. The fourth-order valence-electron chi connectivity index (χ4n) is 2.28. The Hall–Kier alpha value is -2.10. The van der Waals surface area contributed by atoms with E-state index in [1.165, 1.54) is 0 Å². The lowest BCUT2D eigenvalue weighted by molar-refractivity contribution is 0.0735. The molecule has 1 unspecified atom stereocenters. The fraction of sp³-hybridized carbons (Fsp3) is 0.412. The number of benzene rings is 1. The number of nitrogens with zero attached hydrogens (tertiary/aromatic N) is 2. The molecule has 1 heterocycles. The van der Waals surface area contributed by atoms with Crippen LogP contribution in [0.3, 0.4) is 0 Å². The van der Waals surface area contributed by atoms with Crippen LogP contribution in [0.5, 0.6) is 0 Å². The van der Waals surface area contributed by atoms with E-state index in [9.17, 15) is 4.79 Å². The molecule has 4 heteroatoms. The highest BCUT2D eigenvalue weighted by molar-refractivity contribution is 5.99. The summed E-state index contributed by atoms with van der Waals surface area (Å²) in [6.07, 6.45) is 0.926. The Labute approximate surface area is 126 Å². The lowest BCUT2D eigenvalue weighted by atomic mass is 10.1. The van der Waals surface area contributed by atoms with Gasteiger partial charge in [0.15, 0.2) is 0 Å². The van der Waals surface area contributed by atoms with E-state index in [0.717, 1.165) is 29.6 Å². The van der Waals surface area contributed by atoms with Gasteiger partial charge < -0.3 is 10.2 Å². The van der Waals surface area contributed by atoms with Gasteiger partial charge in [-0.2, -0.15) is 0 Å². The third kappa shape index (κ3) is 3.15. The van der Waals surface area contributed by atoms with E-state index < -0.39 is 0 Å². The maximum atomic E-state index is 12.6. The van der Waals surface area contributed by atoms with Crippen molar-refractivity contribution in [3.05, 3.63) is 36.0 Å². The molecular formula is C17H23N3O. The minimum absolute atomic E-state index is 0.0331. The Morgan fingerprint density at radius 3 is 2.71 bits per heavy atom. The Kier molecular flexibility index (Phi) is 4.78. The molecule has 1 aromatic heterocycles. The molecule has 1 amide bonds. The van der Waals surface area contributed by atoms with E-state index in [1.807, 2.05) is 51.2 Å². The number of rotatable bonds is 5. The van der Waals surface area contributed by atoms with Gasteiger partial charge in [-0.1, -0.05) is 25.1 Å². The summed E-state index contributed by atoms with van der Waals surface area (Å²) in [7, 11) is 1.83. The number of hydrogen-bond donors (Lipinski definition) is 1. The number of anilines is 1. The molecule has 0 saturated carbocycles. The van der Waals surface area contributed by atoms with Crippen molar-refractivity contribution in [2.24, 2.45) is 0 Å². The largest absolute Gasteiger partial charge is 0.385 e. The molecule has 21 heavy (non-hydrogen) atoms. The van der Waals surface area contributed by atoms with Crippen LogP contribution in [0.4, 0.5) is 5.69 Å². The highest BCUT2D eigenvalue weighted by Crippen LogP contribution is 2.23. The zero-order chi connectivity index (χ0) is 15.4. The summed E-state index contributed by atoms with van der Waals surface area (Å²) in [5.74, 6) is -0.0331. The maximum absolute atomic E-state index is 12.6. The first kappa shape index (κ1) is 15.3. The van der Waals surface area contributed by atoms with Crippen LogP contribution >= 0.6 is 0 Å². The summed E-state index contributed by atoms with van der Waals surface area (Å²) in [5.41, 5.74) is 2.30. The quantitative estimate of drug-likeness (QED) is 0.914. The Morgan fingerprint density at radius 1 is 1.33 bits per heavy atom. The molecule has 0 aliphatic heterocycles. The summed E-state index contributed by atoms with van der Waals surface area (Å²) in [6, 6.07) is 9.94. The molecule has 1 atom stereocenters. The molecule has 0 aliphatic carbocycles. The van der Waals surface area contributed by atoms with Crippen LogP contribution in [0.15, 0.2) is 30.3 Å². The number of carbonyl (C=O) groups excluding carboxylic acids is 1. The Morgan fingerprint density at radius 2 is 2.05 bits per heavy atom. The van der Waals surface area contributed by atoms with Crippen LogP contribution in [0.1, 0.15) is 37.7 Å². The lowest BCUT2D eigenvalue weighted by Gasteiger charge is -2.23. The van der Waals surface area contributed by atoms with Gasteiger partial charge in [-0.15, -0.1) is 0 Å². The standard InChI is InChI=1S/C17H23N3O/c1-5-12(3)20(4)17(21)16-11-15(18-6-2)13-9-7-8-10-14(13)19-16/h7-12H,5-6H2,1-4H3,(H,18,19). The van der Waals surface area contributed by atoms with Crippen molar-refractivity contribution < 1.29 is 4.79 Å². The van der Waals surface area contributed by atoms with E-state index in [0.29, 0.717) is 5.69 Å². The van der Waals surface area contributed by atoms with E-state index in [4.69, 9.17) is 0 Å². The van der Waals surface area contributed by atoms with Crippen molar-refractivity contribution in [3.8, 4) is 0 Å². The number of nitrogens with one attached hydrogen (secondary N) is 1. The summed E-state index contributed by atoms with van der Waals surface area (Å²) in [5, 5.41) is 4.36. The first-order valence-corrected chi connectivity index (χ1v) is 7.49. The SMILES string of the molecule is CCNc1cc(C(=O)N(C)C(C)CC)nc2ccccc12. The van der Waals surface area contributed by atoms with Crippen molar-refractivity contribution >= 4 is 22.5 Å². The molecule has 2 rings (SSSR count). The van der Waals surface area contributed by atoms with Gasteiger partial charge in [0.2, 0.25) is 0 Å². The molecule has 0 radical (unpaired) electrons. The highest BCUT2D eigenvalue weighted by atomic mass is 16.2. The van der Waals surface area contributed by atoms with Crippen LogP contribution in [0, 0.1) is 0 Å². The molecule has 0 saturated heterocycles. The summed E-state index contributed by atoms with van der Waals surface area (Å²) >= 11 is 0. The summed E-state index contributed by atoms with van der Waals surface area (Å²) in [4.78, 5) is 18.9. The molecule has 0 bridgehead atoms. The van der Waals surface area contributed by atoms with Crippen LogP contribution in [-0.2, 0) is 0 Å². The number of para-hydroxylation sites is 1. The maximum Gasteiger partial charge on any atom is 0.272 e. The summed E-state index contributed by atoms with van der Waals surface area (Å²) < 4.78 is 0. The second-order valence-electron chi connectivity index (χ2n) is 5.28. The lowest BCUT2D eigenvalue weighted by Crippen LogP contribution is -2.35. The first-order valence-electron chi connectivity index (χ1n) is 7.49. The van der Waals surface area contributed by atoms with Gasteiger partial charge >= 0.3 is 0 Å². The van der Waals surface area contributed by atoms with Crippen molar-refractivity contribution in [1.29, 1.82) is 0 Å². The molecule has 0 aliphatic rings. The van der Waals surface area contributed by atoms with Gasteiger partial charge in [0, 0.05) is 30.7 Å². The van der Waals surface area contributed by atoms with Crippen LogP contribution in [0.2, 0.25) is 0 Å².